The highest BCUT2D eigenvalue weighted by molar-refractivity contribution is 7.71. The summed E-state index contributed by atoms with van der Waals surface area (Å²) < 4.78 is 2.61. The average molecular weight is 309 g/mol. The van der Waals surface area contributed by atoms with Gasteiger partial charge in [0.25, 0.3) is 0 Å². The summed E-state index contributed by atoms with van der Waals surface area (Å²) >= 11 is 17.6. The first-order valence-electron chi connectivity index (χ1n) is 5.71. The van der Waals surface area contributed by atoms with Crippen LogP contribution in [-0.4, -0.2) is 9.78 Å². The van der Waals surface area contributed by atoms with Crippen LogP contribution in [-0.2, 0) is 7.05 Å². The van der Waals surface area contributed by atoms with Crippen molar-refractivity contribution in [1.29, 1.82) is 0 Å². The number of nitrogens with one attached hydrogen (secondary N) is 1. The molecule has 19 heavy (non-hydrogen) atoms. The lowest BCUT2D eigenvalue weighted by atomic mass is 10.0. The molecule has 1 N–H and O–H groups in total. The largest absolute Gasteiger partial charge is 0.297 e. The molecule has 0 amide bonds. The first kappa shape index (κ1) is 12.7. The minimum atomic E-state index is 0.627. The highest BCUT2D eigenvalue weighted by Gasteiger charge is 2.10. The Morgan fingerprint density at radius 3 is 2.63 bits per heavy atom. The van der Waals surface area contributed by atoms with Crippen LogP contribution in [0, 0.1) is 4.64 Å². The lowest BCUT2D eigenvalue weighted by Crippen LogP contribution is -1.88. The van der Waals surface area contributed by atoms with Crippen LogP contribution >= 0.6 is 35.4 Å². The molecule has 5 heteroatoms. The number of hydrogen-bond donors (Lipinski definition) is 1. The van der Waals surface area contributed by atoms with Crippen LogP contribution < -0.4 is 0 Å². The van der Waals surface area contributed by atoms with Crippen LogP contribution in [0.25, 0.3) is 22.0 Å². The Morgan fingerprint density at radius 2 is 1.89 bits per heavy atom. The van der Waals surface area contributed by atoms with Gasteiger partial charge in [-0.3, -0.25) is 9.78 Å². The molecule has 1 heterocycles. The Labute approximate surface area is 125 Å². The van der Waals surface area contributed by atoms with Gasteiger partial charge in [-0.15, -0.1) is 0 Å². The summed E-state index contributed by atoms with van der Waals surface area (Å²) in [7, 11) is 1.90. The van der Waals surface area contributed by atoms with E-state index in [-0.39, 0.29) is 0 Å². The summed E-state index contributed by atoms with van der Waals surface area (Å²) in [5, 5.41) is 5.53. The Bertz CT molecular complexity index is 833. The van der Waals surface area contributed by atoms with E-state index in [2.05, 4.69) is 5.10 Å². The monoisotopic (exact) mass is 308 g/mol. The van der Waals surface area contributed by atoms with Crippen molar-refractivity contribution in [2.75, 3.05) is 0 Å². The zero-order chi connectivity index (χ0) is 13.6. The van der Waals surface area contributed by atoms with Gasteiger partial charge in [-0.2, -0.15) is 0 Å². The molecular weight excluding hydrogens is 299 g/mol. The normalized spacial score (nSPS) is 11.1. The molecule has 0 spiro atoms. The van der Waals surface area contributed by atoms with E-state index in [1.807, 2.05) is 42.1 Å². The topological polar surface area (TPSA) is 20.7 Å². The molecule has 0 aliphatic heterocycles. The second kappa shape index (κ2) is 4.67. The number of aryl methyl sites for hydroxylation is 1. The van der Waals surface area contributed by atoms with Gasteiger partial charge in [0, 0.05) is 33.6 Å². The Balaban J connectivity index is 2.37. The molecule has 0 radical (unpaired) electrons. The van der Waals surface area contributed by atoms with E-state index in [4.69, 9.17) is 35.4 Å². The second-order valence-corrected chi connectivity index (χ2v) is 5.56. The van der Waals surface area contributed by atoms with E-state index >= 15 is 0 Å². The van der Waals surface area contributed by atoms with Crippen molar-refractivity contribution in [2.45, 2.75) is 0 Å². The van der Waals surface area contributed by atoms with Gasteiger partial charge in [0.1, 0.15) is 4.64 Å². The fraction of sp³-hybridized carbons (Fsp3) is 0.0714. The molecule has 0 aliphatic carbocycles. The van der Waals surface area contributed by atoms with Gasteiger partial charge in [-0.1, -0.05) is 53.6 Å². The average Bonchev–Trinajstić information content (AvgIpc) is 2.66. The molecule has 1 aromatic heterocycles. The lowest BCUT2D eigenvalue weighted by Gasteiger charge is -2.06. The minimum Gasteiger partial charge on any atom is -0.297 e. The van der Waals surface area contributed by atoms with Gasteiger partial charge in [0.15, 0.2) is 0 Å². The molecule has 0 fully saturated rings. The summed E-state index contributed by atoms with van der Waals surface area (Å²) in [6.07, 6.45) is 0. The number of H-pyrrole nitrogens is 1. The van der Waals surface area contributed by atoms with E-state index in [1.54, 1.807) is 6.07 Å². The molecule has 0 aliphatic rings. The maximum absolute atomic E-state index is 6.28. The fourth-order valence-electron chi connectivity index (χ4n) is 2.18. The minimum absolute atomic E-state index is 0.627. The summed E-state index contributed by atoms with van der Waals surface area (Å²) in [5.41, 5.74) is 2.94. The first-order valence-corrected chi connectivity index (χ1v) is 6.87. The lowest BCUT2D eigenvalue weighted by molar-refractivity contribution is 0.769. The SMILES string of the molecule is Cn1[nH]c2c(-c3ccc(Cl)cc3Cl)cccc2c1=S. The number of aromatic nitrogens is 2. The van der Waals surface area contributed by atoms with Crippen LogP contribution in [0.3, 0.4) is 0 Å². The van der Waals surface area contributed by atoms with Crippen molar-refractivity contribution in [1.82, 2.24) is 9.78 Å². The molecule has 3 rings (SSSR count). The number of nitrogens with zero attached hydrogens (tertiary/aromatic N) is 1. The van der Waals surface area contributed by atoms with Gasteiger partial charge in [-0.05, 0) is 18.2 Å². The fourth-order valence-corrected chi connectivity index (χ4v) is 2.91. The summed E-state index contributed by atoms with van der Waals surface area (Å²) in [4.78, 5) is 0. The molecule has 2 aromatic carbocycles. The third kappa shape index (κ3) is 2.08. The van der Waals surface area contributed by atoms with Gasteiger partial charge in [0.2, 0.25) is 0 Å². The van der Waals surface area contributed by atoms with Crippen molar-refractivity contribution >= 4 is 46.3 Å². The molecular formula is C14H10Cl2N2S. The Morgan fingerprint density at radius 1 is 1.11 bits per heavy atom. The number of para-hydroxylation sites is 1. The standard InChI is InChI=1S/C14H10Cl2N2S/c1-18-14(19)11-4-2-3-10(13(11)17-18)9-6-5-8(15)7-12(9)16/h2-7,17H,1H3. The third-order valence-corrected chi connectivity index (χ3v) is 4.14. The number of benzene rings is 2. The molecule has 3 aromatic rings. The molecule has 0 saturated heterocycles. The van der Waals surface area contributed by atoms with Gasteiger partial charge >= 0.3 is 0 Å². The third-order valence-electron chi connectivity index (χ3n) is 3.10. The summed E-state index contributed by atoms with van der Waals surface area (Å²) in [5.74, 6) is 0. The van der Waals surface area contributed by atoms with Gasteiger partial charge < -0.3 is 0 Å². The number of aromatic amines is 1. The van der Waals surface area contributed by atoms with E-state index in [0.717, 1.165) is 26.7 Å². The maximum atomic E-state index is 6.28. The second-order valence-electron chi connectivity index (χ2n) is 4.33. The van der Waals surface area contributed by atoms with Crippen LogP contribution in [0.2, 0.25) is 10.0 Å². The quantitative estimate of drug-likeness (QED) is 0.612. The molecule has 96 valence electrons. The van der Waals surface area contributed by atoms with Crippen molar-refractivity contribution in [3.8, 4) is 11.1 Å². The van der Waals surface area contributed by atoms with Crippen LogP contribution in [0.1, 0.15) is 0 Å². The van der Waals surface area contributed by atoms with Crippen molar-refractivity contribution < 1.29 is 0 Å². The summed E-state index contributed by atoms with van der Waals surface area (Å²) in [6.45, 7) is 0. The van der Waals surface area contributed by atoms with E-state index in [9.17, 15) is 0 Å². The highest BCUT2D eigenvalue weighted by Crippen LogP contribution is 2.34. The van der Waals surface area contributed by atoms with E-state index in [1.165, 1.54) is 0 Å². The van der Waals surface area contributed by atoms with E-state index < -0.39 is 0 Å². The Hall–Kier alpha value is -1.29. The van der Waals surface area contributed by atoms with Crippen molar-refractivity contribution in [3.05, 3.63) is 51.1 Å². The smallest absolute Gasteiger partial charge is 0.129 e. The van der Waals surface area contributed by atoms with Crippen molar-refractivity contribution in [2.24, 2.45) is 7.05 Å². The zero-order valence-electron chi connectivity index (χ0n) is 10.1. The number of halogens is 2. The molecule has 0 bridgehead atoms. The predicted molar refractivity (Wildman–Crippen MR) is 83.6 cm³/mol. The van der Waals surface area contributed by atoms with Crippen LogP contribution in [0.15, 0.2) is 36.4 Å². The first-order chi connectivity index (χ1) is 9.08. The molecule has 0 unspecified atom stereocenters. The zero-order valence-corrected chi connectivity index (χ0v) is 12.4. The predicted octanol–water partition coefficient (Wildman–Crippen LogP) is 5.21. The number of fused-ring (bicyclic) bond motifs is 1. The van der Waals surface area contributed by atoms with Crippen LogP contribution in [0.5, 0.6) is 0 Å². The molecule has 0 saturated carbocycles. The Kier molecular flexibility index (Phi) is 3.13. The van der Waals surface area contributed by atoms with Gasteiger partial charge in [-0.25, -0.2) is 0 Å². The maximum Gasteiger partial charge on any atom is 0.129 e. The van der Waals surface area contributed by atoms with Crippen molar-refractivity contribution in [3.63, 3.8) is 0 Å². The van der Waals surface area contributed by atoms with Gasteiger partial charge in [0.05, 0.1) is 5.52 Å². The number of hydrogen-bond acceptors (Lipinski definition) is 1. The van der Waals surface area contributed by atoms with Crippen LogP contribution in [0.4, 0.5) is 0 Å². The number of rotatable bonds is 1. The molecule has 2 nitrogen and oxygen atoms in total. The molecule has 0 atom stereocenters. The highest BCUT2D eigenvalue weighted by atomic mass is 35.5. The van der Waals surface area contributed by atoms with E-state index in [0.29, 0.717) is 10.0 Å². The summed E-state index contributed by atoms with van der Waals surface area (Å²) in [6, 6.07) is 11.5.